The number of rotatable bonds is 5. The molecule has 1 heterocycles. The largest absolute Gasteiger partial charge is 0.489 e. The van der Waals surface area contributed by atoms with Crippen LogP contribution in [0.15, 0.2) is 79.0 Å². The van der Waals surface area contributed by atoms with Gasteiger partial charge in [0.05, 0.1) is 5.69 Å². The molecule has 4 aromatic rings. The van der Waals surface area contributed by atoms with Gasteiger partial charge in [-0.15, -0.1) is 0 Å². The van der Waals surface area contributed by atoms with Crippen molar-refractivity contribution in [3.8, 4) is 16.9 Å². The van der Waals surface area contributed by atoms with Crippen molar-refractivity contribution in [2.75, 3.05) is 0 Å². The van der Waals surface area contributed by atoms with E-state index in [0.29, 0.717) is 6.61 Å². The third kappa shape index (κ3) is 3.74. The van der Waals surface area contributed by atoms with Crippen molar-refractivity contribution in [3.05, 3.63) is 96.1 Å². The summed E-state index contributed by atoms with van der Waals surface area (Å²) in [7, 11) is 0. The van der Waals surface area contributed by atoms with E-state index < -0.39 is 0 Å². The monoisotopic (exact) mass is 371 g/mol. The predicted octanol–water partition coefficient (Wildman–Crippen LogP) is 6.74. The Kier molecular flexibility index (Phi) is 5.07. The van der Waals surface area contributed by atoms with Gasteiger partial charge < -0.3 is 4.74 Å². The number of benzene rings is 3. The molecular formula is C25H22FNO. The highest BCUT2D eigenvalue weighted by atomic mass is 19.1. The lowest BCUT2D eigenvalue weighted by atomic mass is 9.93. The van der Waals surface area contributed by atoms with Crippen LogP contribution in [0.25, 0.3) is 21.9 Å². The topological polar surface area (TPSA) is 22.1 Å². The van der Waals surface area contributed by atoms with Crippen LogP contribution >= 0.6 is 0 Å². The van der Waals surface area contributed by atoms with Crippen LogP contribution in [0.5, 0.6) is 5.75 Å². The predicted molar refractivity (Wildman–Crippen MR) is 112 cm³/mol. The van der Waals surface area contributed by atoms with E-state index in [-0.39, 0.29) is 11.7 Å². The van der Waals surface area contributed by atoms with Crippen LogP contribution in [0.2, 0.25) is 0 Å². The molecule has 0 spiro atoms. The summed E-state index contributed by atoms with van der Waals surface area (Å²) >= 11 is 0. The summed E-state index contributed by atoms with van der Waals surface area (Å²) in [5.74, 6) is 0.832. The van der Waals surface area contributed by atoms with Crippen molar-refractivity contribution in [1.29, 1.82) is 0 Å². The van der Waals surface area contributed by atoms with Gasteiger partial charge in [-0.3, -0.25) is 4.98 Å². The molecular weight excluding hydrogens is 349 g/mol. The van der Waals surface area contributed by atoms with Gasteiger partial charge in [0.25, 0.3) is 0 Å². The molecule has 0 N–H and O–H groups in total. The fourth-order valence-electron chi connectivity index (χ4n) is 3.41. The molecule has 0 bridgehead atoms. The van der Waals surface area contributed by atoms with E-state index in [1.54, 1.807) is 0 Å². The van der Waals surface area contributed by atoms with Gasteiger partial charge in [-0.05, 0) is 52.8 Å². The van der Waals surface area contributed by atoms with Crippen molar-refractivity contribution < 1.29 is 9.13 Å². The molecule has 0 aliphatic heterocycles. The molecule has 4 rings (SSSR count). The number of nitrogens with zero attached hydrogens (tertiary/aromatic N) is 1. The number of aromatic nitrogens is 1. The molecule has 0 fully saturated rings. The van der Waals surface area contributed by atoms with Gasteiger partial charge in [0.1, 0.15) is 18.2 Å². The second kappa shape index (κ2) is 7.81. The maximum atomic E-state index is 13.4. The van der Waals surface area contributed by atoms with Crippen molar-refractivity contribution in [2.45, 2.75) is 26.4 Å². The minimum atomic E-state index is -0.236. The third-order valence-electron chi connectivity index (χ3n) is 4.82. The van der Waals surface area contributed by atoms with Crippen molar-refractivity contribution in [1.82, 2.24) is 4.98 Å². The van der Waals surface area contributed by atoms with Crippen LogP contribution in [0.3, 0.4) is 0 Å². The Morgan fingerprint density at radius 2 is 1.68 bits per heavy atom. The Labute approximate surface area is 164 Å². The molecule has 0 unspecified atom stereocenters. The fourth-order valence-corrected chi connectivity index (χ4v) is 3.41. The zero-order valence-corrected chi connectivity index (χ0v) is 16.0. The lowest BCUT2D eigenvalue weighted by Crippen LogP contribution is -1.99. The molecule has 0 saturated heterocycles. The molecule has 140 valence electrons. The SMILES string of the molecule is CC(C)c1ncc2cc(OCc3ccccc3)ccc2c1-c1ccc(F)cc1. The van der Waals surface area contributed by atoms with Crippen molar-refractivity contribution in [2.24, 2.45) is 0 Å². The Balaban J connectivity index is 1.74. The first-order chi connectivity index (χ1) is 13.6. The zero-order chi connectivity index (χ0) is 19.5. The van der Waals surface area contributed by atoms with Gasteiger partial charge in [0.2, 0.25) is 0 Å². The van der Waals surface area contributed by atoms with Gasteiger partial charge in [-0.2, -0.15) is 0 Å². The Bertz CT molecular complexity index is 1090. The van der Waals surface area contributed by atoms with Crippen LogP contribution in [-0.2, 0) is 6.61 Å². The molecule has 2 nitrogen and oxygen atoms in total. The summed E-state index contributed by atoms with van der Waals surface area (Å²) in [6.45, 7) is 4.77. The summed E-state index contributed by atoms with van der Waals surface area (Å²) < 4.78 is 19.4. The highest BCUT2D eigenvalue weighted by molar-refractivity contribution is 5.98. The van der Waals surface area contributed by atoms with Crippen LogP contribution in [-0.4, -0.2) is 4.98 Å². The molecule has 3 aromatic carbocycles. The first kappa shape index (κ1) is 18.2. The van der Waals surface area contributed by atoms with E-state index >= 15 is 0 Å². The van der Waals surface area contributed by atoms with E-state index in [2.05, 4.69) is 19.9 Å². The van der Waals surface area contributed by atoms with Gasteiger partial charge in [-0.1, -0.05) is 56.3 Å². The van der Waals surface area contributed by atoms with Gasteiger partial charge in [0, 0.05) is 17.1 Å². The molecule has 0 saturated carbocycles. The maximum Gasteiger partial charge on any atom is 0.123 e. The van der Waals surface area contributed by atoms with E-state index in [0.717, 1.165) is 38.9 Å². The second-order valence-electron chi connectivity index (χ2n) is 7.20. The summed E-state index contributed by atoms with van der Waals surface area (Å²) in [4.78, 5) is 4.72. The molecule has 0 radical (unpaired) electrons. The maximum absolute atomic E-state index is 13.4. The van der Waals surface area contributed by atoms with Crippen molar-refractivity contribution in [3.63, 3.8) is 0 Å². The lowest BCUT2D eigenvalue weighted by molar-refractivity contribution is 0.306. The summed E-state index contributed by atoms with van der Waals surface area (Å²) in [6.07, 6.45) is 1.90. The summed E-state index contributed by atoms with van der Waals surface area (Å²) in [5, 5.41) is 2.10. The standard InChI is InChI=1S/C25H22FNO/c1-17(2)25-24(19-8-10-21(26)11-9-19)23-13-12-22(14-20(23)15-27-25)28-16-18-6-4-3-5-7-18/h3-15,17H,16H2,1-2H3. The Morgan fingerprint density at radius 1 is 0.929 bits per heavy atom. The number of hydrogen-bond acceptors (Lipinski definition) is 2. The first-order valence-electron chi connectivity index (χ1n) is 9.47. The first-order valence-corrected chi connectivity index (χ1v) is 9.47. The molecule has 1 aromatic heterocycles. The van der Waals surface area contributed by atoms with E-state index in [1.165, 1.54) is 12.1 Å². The summed E-state index contributed by atoms with van der Waals surface area (Å²) in [5.41, 5.74) is 4.17. The van der Waals surface area contributed by atoms with Crippen LogP contribution < -0.4 is 4.74 Å². The molecule has 0 amide bonds. The van der Waals surface area contributed by atoms with E-state index in [4.69, 9.17) is 9.72 Å². The smallest absolute Gasteiger partial charge is 0.123 e. The fraction of sp³-hybridized carbons (Fsp3) is 0.160. The van der Waals surface area contributed by atoms with Crippen LogP contribution in [0.1, 0.15) is 31.0 Å². The van der Waals surface area contributed by atoms with Gasteiger partial charge in [0.15, 0.2) is 0 Å². The molecule has 3 heteroatoms. The highest BCUT2D eigenvalue weighted by Crippen LogP contribution is 2.36. The van der Waals surface area contributed by atoms with Gasteiger partial charge in [-0.25, -0.2) is 4.39 Å². The van der Waals surface area contributed by atoms with Crippen LogP contribution in [0, 0.1) is 5.82 Å². The number of halogens is 1. The van der Waals surface area contributed by atoms with Gasteiger partial charge >= 0.3 is 0 Å². The average Bonchev–Trinajstić information content (AvgIpc) is 2.72. The number of hydrogen-bond donors (Lipinski definition) is 0. The molecule has 0 aliphatic rings. The molecule has 0 atom stereocenters. The minimum absolute atomic E-state index is 0.236. The number of pyridine rings is 1. The second-order valence-corrected chi connectivity index (χ2v) is 7.20. The Hall–Kier alpha value is -3.20. The quantitative estimate of drug-likeness (QED) is 0.387. The summed E-state index contributed by atoms with van der Waals surface area (Å²) in [6, 6.07) is 22.8. The highest BCUT2D eigenvalue weighted by Gasteiger charge is 2.15. The number of ether oxygens (including phenoxy) is 1. The average molecular weight is 371 g/mol. The van der Waals surface area contributed by atoms with E-state index in [1.807, 2.05) is 60.8 Å². The normalized spacial score (nSPS) is 11.1. The van der Waals surface area contributed by atoms with Crippen LogP contribution in [0.4, 0.5) is 4.39 Å². The minimum Gasteiger partial charge on any atom is -0.489 e. The lowest BCUT2D eigenvalue weighted by Gasteiger charge is -2.16. The Morgan fingerprint density at radius 3 is 2.39 bits per heavy atom. The number of fused-ring (bicyclic) bond motifs is 1. The zero-order valence-electron chi connectivity index (χ0n) is 16.0. The molecule has 28 heavy (non-hydrogen) atoms. The third-order valence-corrected chi connectivity index (χ3v) is 4.82. The van der Waals surface area contributed by atoms with Crippen molar-refractivity contribution >= 4 is 10.8 Å². The van der Waals surface area contributed by atoms with E-state index in [9.17, 15) is 4.39 Å². The molecule has 0 aliphatic carbocycles.